The predicted octanol–water partition coefficient (Wildman–Crippen LogP) is 1.81. The number of rotatable bonds is 2. The van der Waals surface area contributed by atoms with Gasteiger partial charge >= 0.3 is 0 Å². The van der Waals surface area contributed by atoms with Crippen LogP contribution in [0.1, 0.15) is 24.9 Å². The van der Waals surface area contributed by atoms with Crippen LogP contribution in [-0.4, -0.2) is 20.2 Å². The summed E-state index contributed by atoms with van der Waals surface area (Å²) in [6.45, 7) is 4.21. The van der Waals surface area contributed by atoms with Gasteiger partial charge in [0.1, 0.15) is 0 Å². The summed E-state index contributed by atoms with van der Waals surface area (Å²) >= 11 is 0. The lowest BCUT2D eigenvalue weighted by Gasteiger charge is -2.05. The second-order valence-electron chi connectivity index (χ2n) is 4.80. The highest BCUT2D eigenvalue weighted by atomic mass is 15.6. The number of aryl methyl sites for hydroxylation is 1. The van der Waals surface area contributed by atoms with Crippen molar-refractivity contribution in [2.45, 2.75) is 26.3 Å². The van der Waals surface area contributed by atoms with E-state index in [1.165, 1.54) is 0 Å². The van der Waals surface area contributed by atoms with E-state index >= 15 is 0 Å². The van der Waals surface area contributed by atoms with Crippen molar-refractivity contribution in [3.8, 4) is 11.4 Å². The second-order valence-corrected chi connectivity index (χ2v) is 4.80. The van der Waals surface area contributed by atoms with Gasteiger partial charge in [-0.25, -0.2) is 4.68 Å². The Kier molecular flexibility index (Phi) is 2.14. The van der Waals surface area contributed by atoms with Crippen LogP contribution in [0.3, 0.4) is 0 Å². The summed E-state index contributed by atoms with van der Waals surface area (Å²) in [6.07, 6.45) is 1.16. The highest BCUT2D eigenvalue weighted by molar-refractivity contribution is 5.62. The van der Waals surface area contributed by atoms with Crippen molar-refractivity contribution < 1.29 is 0 Å². The van der Waals surface area contributed by atoms with E-state index in [1.807, 2.05) is 29.8 Å². The van der Waals surface area contributed by atoms with E-state index in [1.54, 1.807) is 0 Å². The summed E-state index contributed by atoms with van der Waals surface area (Å²) in [5.74, 6) is 1.51. The molecule has 0 aliphatic heterocycles. The van der Waals surface area contributed by atoms with Crippen molar-refractivity contribution in [1.82, 2.24) is 20.2 Å². The molecule has 1 fully saturated rings. The third-order valence-electron chi connectivity index (χ3n) is 3.40. The third-order valence-corrected chi connectivity index (χ3v) is 3.40. The summed E-state index contributed by atoms with van der Waals surface area (Å²) < 4.78 is 1.93. The van der Waals surface area contributed by atoms with Crippen molar-refractivity contribution in [3.05, 3.63) is 23.8 Å². The van der Waals surface area contributed by atoms with Crippen LogP contribution in [0.25, 0.3) is 11.4 Å². The molecule has 1 aliphatic carbocycles. The Hall–Kier alpha value is -1.91. The molecule has 0 bridgehead atoms. The number of hydrogen-bond donors (Lipinski definition) is 1. The van der Waals surface area contributed by atoms with Crippen LogP contribution in [0, 0.1) is 12.8 Å². The maximum Gasteiger partial charge on any atom is 0.182 e. The summed E-state index contributed by atoms with van der Waals surface area (Å²) in [5.41, 5.74) is 8.70. The maximum absolute atomic E-state index is 5.82. The Bertz CT molecular complexity index is 560. The average molecular weight is 229 g/mol. The lowest BCUT2D eigenvalue weighted by atomic mass is 10.1. The zero-order valence-corrected chi connectivity index (χ0v) is 9.96. The molecule has 0 spiro atoms. The Labute approximate surface area is 99.6 Å². The molecule has 2 aromatic rings. The zero-order chi connectivity index (χ0) is 12.0. The molecule has 2 N–H and O–H groups in total. The van der Waals surface area contributed by atoms with Crippen LogP contribution in [0.4, 0.5) is 5.69 Å². The predicted molar refractivity (Wildman–Crippen MR) is 65.2 cm³/mol. The van der Waals surface area contributed by atoms with Crippen molar-refractivity contribution in [3.63, 3.8) is 0 Å². The van der Waals surface area contributed by atoms with Gasteiger partial charge in [0.25, 0.3) is 0 Å². The van der Waals surface area contributed by atoms with Crippen molar-refractivity contribution in [1.29, 1.82) is 0 Å². The van der Waals surface area contributed by atoms with E-state index in [-0.39, 0.29) is 0 Å². The molecule has 2 atom stereocenters. The first-order valence-electron chi connectivity index (χ1n) is 5.81. The number of aromatic nitrogens is 4. The van der Waals surface area contributed by atoms with Gasteiger partial charge in [-0.1, -0.05) is 6.92 Å². The van der Waals surface area contributed by atoms with E-state index in [0.717, 1.165) is 29.1 Å². The Morgan fingerprint density at radius 2 is 2.18 bits per heavy atom. The number of anilines is 1. The maximum atomic E-state index is 5.82. The van der Waals surface area contributed by atoms with Crippen molar-refractivity contribution >= 4 is 5.69 Å². The molecular formula is C12H15N5. The van der Waals surface area contributed by atoms with Crippen molar-refractivity contribution in [2.24, 2.45) is 5.92 Å². The van der Waals surface area contributed by atoms with E-state index in [0.29, 0.717) is 12.0 Å². The number of nitrogens with two attached hydrogens (primary N) is 1. The van der Waals surface area contributed by atoms with Gasteiger partial charge in [0.15, 0.2) is 5.82 Å². The minimum Gasteiger partial charge on any atom is -0.399 e. The summed E-state index contributed by atoms with van der Waals surface area (Å²) in [7, 11) is 0. The lowest BCUT2D eigenvalue weighted by molar-refractivity contribution is 0.584. The minimum atomic E-state index is 0.456. The third kappa shape index (κ3) is 1.67. The molecule has 2 unspecified atom stereocenters. The molecule has 3 rings (SSSR count). The van der Waals surface area contributed by atoms with Crippen LogP contribution in [0.5, 0.6) is 0 Å². The first-order valence-corrected chi connectivity index (χ1v) is 5.81. The van der Waals surface area contributed by atoms with E-state index < -0.39 is 0 Å². The SMILES string of the molecule is Cc1cc(-c2nnnn2C2CC2C)ccc1N. The fourth-order valence-electron chi connectivity index (χ4n) is 2.07. The summed E-state index contributed by atoms with van der Waals surface area (Å²) in [4.78, 5) is 0. The molecule has 1 heterocycles. The molecule has 5 heteroatoms. The van der Waals surface area contributed by atoms with Crippen LogP contribution in [0.15, 0.2) is 18.2 Å². The van der Waals surface area contributed by atoms with E-state index in [2.05, 4.69) is 22.4 Å². The first-order chi connectivity index (χ1) is 8.16. The molecule has 17 heavy (non-hydrogen) atoms. The lowest BCUT2D eigenvalue weighted by Crippen LogP contribution is -2.01. The minimum absolute atomic E-state index is 0.456. The summed E-state index contributed by atoms with van der Waals surface area (Å²) in [5, 5.41) is 12.0. The number of nitrogen functional groups attached to an aromatic ring is 1. The Morgan fingerprint density at radius 1 is 1.41 bits per heavy atom. The molecule has 88 valence electrons. The van der Waals surface area contributed by atoms with Gasteiger partial charge in [-0.2, -0.15) is 0 Å². The number of tetrazole rings is 1. The Morgan fingerprint density at radius 3 is 2.82 bits per heavy atom. The fourth-order valence-corrected chi connectivity index (χ4v) is 2.07. The largest absolute Gasteiger partial charge is 0.399 e. The highest BCUT2D eigenvalue weighted by Crippen LogP contribution is 2.43. The Balaban J connectivity index is 2.03. The molecule has 1 aromatic carbocycles. The van der Waals surface area contributed by atoms with E-state index in [9.17, 15) is 0 Å². The van der Waals surface area contributed by atoms with Gasteiger partial charge in [-0.15, -0.1) is 5.10 Å². The van der Waals surface area contributed by atoms with Crippen LogP contribution in [-0.2, 0) is 0 Å². The monoisotopic (exact) mass is 229 g/mol. The number of benzene rings is 1. The average Bonchev–Trinajstić information content (AvgIpc) is 2.85. The molecule has 1 aliphatic rings. The van der Waals surface area contributed by atoms with Gasteiger partial charge in [0.05, 0.1) is 6.04 Å². The quantitative estimate of drug-likeness (QED) is 0.797. The summed E-state index contributed by atoms with van der Waals surface area (Å²) in [6, 6.07) is 6.36. The van der Waals surface area contributed by atoms with Crippen LogP contribution < -0.4 is 5.73 Å². The molecule has 5 nitrogen and oxygen atoms in total. The van der Waals surface area contributed by atoms with E-state index in [4.69, 9.17) is 5.73 Å². The molecule has 0 amide bonds. The van der Waals surface area contributed by atoms with Gasteiger partial charge in [-0.3, -0.25) is 0 Å². The van der Waals surface area contributed by atoms with Crippen molar-refractivity contribution in [2.75, 3.05) is 5.73 Å². The van der Waals surface area contributed by atoms with Gasteiger partial charge in [-0.05, 0) is 53.5 Å². The fraction of sp³-hybridized carbons (Fsp3) is 0.417. The normalized spacial score (nSPS) is 22.7. The molecule has 1 saturated carbocycles. The van der Waals surface area contributed by atoms with Crippen LogP contribution >= 0.6 is 0 Å². The molecule has 0 saturated heterocycles. The zero-order valence-electron chi connectivity index (χ0n) is 9.96. The number of hydrogen-bond acceptors (Lipinski definition) is 4. The standard InChI is InChI=1S/C12H15N5/c1-7-5-9(3-4-10(7)13)12-14-15-16-17(12)11-6-8(11)2/h3-5,8,11H,6,13H2,1-2H3. The van der Waals surface area contributed by atoms with Gasteiger partial charge in [0.2, 0.25) is 0 Å². The molecule has 1 aromatic heterocycles. The van der Waals surface area contributed by atoms with Gasteiger partial charge < -0.3 is 5.73 Å². The molecular weight excluding hydrogens is 214 g/mol. The first kappa shape index (κ1) is 10.3. The highest BCUT2D eigenvalue weighted by Gasteiger charge is 2.37. The molecule has 0 radical (unpaired) electrons. The topological polar surface area (TPSA) is 69.6 Å². The van der Waals surface area contributed by atoms with Crippen LogP contribution in [0.2, 0.25) is 0 Å². The smallest absolute Gasteiger partial charge is 0.182 e. The number of nitrogens with zero attached hydrogens (tertiary/aromatic N) is 4. The second kappa shape index (κ2) is 3.55. The van der Waals surface area contributed by atoms with Gasteiger partial charge in [0, 0.05) is 11.3 Å².